The van der Waals surface area contributed by atoms with Crippen molar-refractivity contribution in [2.24, 2.45) is 5.41 Å². The largest absolute Gasteiger partial charge is 0.481 e. The molecule has 0 amide bonds. The predicted octanol–water partition coefficient (Wildman–Crippen LogP) is 1.17. The smallest absolute Gasteiger partial charge is 0.390 e. The summed E-state index contributed by atoms with van der Waals surface area (Å²) in [5.74, 6) is -3.86. The lowest BCUT2D eigenvalue weighted by Gasteiger charge is -2.36. The quantitative estimate of drug-likeness (QED) is 0.770. The Kier molecular flexibility index (Phi) is 3.43. The number of alkyl halides is 4. The molecule has 2 unspecified atom stereocenters. The van der Waals surface area contributed by atoms with E-state index in [1.165, 1.54) is 0 Å². The lowest BCUT2D eigenvalue weighted by atomic mass is 9.77. The van der Waals surface area contributed by atoms with Gasteiger partial charge in [-0.15, -0.1) is 0 Å². The molecule has 4 nitrogen and oxygen atoms in total. The number of hydrogen-bond donors (Lipinski definition) is 1. The van der Waals surface area contributed by atoms with E-state index in [-0.39, 0.29) is 0 Å². The van der Waals surface area contributed by atoms with E-state index in [1.54, 1.807) is 0 Å². The zero-order chi connectivity index (χ0) is 13.5. The van der Waals surface area contributed by atoms with Crippen molar-refractivity contribution in [3.63, 3.8) is 0 Å². The van der Waals surface area contributed by atoms with Crippen LogP contribution in [0, 0.1) is 5.41 Å². The van der Waals surface area contributed by atoms with Gasteiger partial charge in [-0.1, -0.05) is 0 Å². The van der Waals surface area contributed by atoms with Crippen LogP contribution in [-0.2, 0) is 14.6 Å². The summed E-state index contributed by atoms with van der Waals surface area (Å²) >= 11 is 0. The van der Waals surface area contributed by atoms with Crippen molar-refractivity contribution in [1.82, 2.24) is 0 Å². The Morgan fingerprint density at radius 3 is 2.29 bits per heavy atom. The highest BCUT2D eigenvalue weighted by Gasteiger charge is 2.57. The first-order valence-electron chi connectivity index (χ1n) is 4.63. The monoisotopic (exact) mass is 278 g/mol. The summed E-state index contributed by atoms with van der Waals surface area (Å²) in [6, 6.07) is 0. The second kappa shape index (κ2) is 4.11. The summed E-state index contributed by atoms with van der Waals surface area (Å²) in [4.78, 5) is 10.8. The van der Waals surface area contributed by atoms with Crippen molar-refractivity contribution < 1.29 is 35.9 Å². The molecule has 1 fully saturated rings. The highest BCUT2D eigenvalue weighted by molar-refractivity contribution is 7.91. The van der Waals surface area contributed by atoms with Gasteiger partial charge in [-0.25, -0.2) is 12.8 Å². The number of aliphatic carboxylic acids is 1. The Morgan fingerprint density at radius 1 is 1.41 bits per heavy atom. The number of hydrogen-bond acceptors (Lipinski definition) is 3. The van der Waals surface area contributed by atoms with Crippen molar-refractivity contribution in [3.05, 3.63) is 0 Å². The Bertz CT molecular complexity index is 416. The molecule has 0 bridgehead atoms. The summed E-state index contributed by atoms with van der Waals surface area (Å²) in [6.45, 7) is 0. The van der Waals surface area contributed by atoms with E-state index in [4.69, 9.17) is 5.11 Å². The van der Waals surface area contributed by atoms with Gasteiger partial charge in [0.05, 0.1) is 17.9 Å². The summed E-state index contributed by atoms with van der Waals surface area (Å²) in [5.41, 5.74) is -2.68. The van der Waals surface area contributed by atoms with Crippen molar-refractivity contribution in [1.29, 1.82) is 0 Å². The molecule has 0 aliphatic carbocycles. The average molecular weight is 278 g/mol. The second-order valence-electron chi connectivity index (χ2n) is 4.09. The molecule has 0 spiro atoms. The zero-order valence-corrected chi connectivity index (χ0v) is 9.31. The fourth-order valence-corrected chi connectivity index (χ4v) is 3.44. The van der Waals surface area contributed by atoms with Gasteiger partial charge in [0, 0.05) is 0 Å². The van der Waals surface area contributed by atoms with Gasteiger partial charge in [0.15, 0.2) is 9.84 Å². The van der Waals surface area contributed by atoms with Crippen LogP contribution in [0.15, 0.2) is 0 Å². The molecule has 1 aliphatic rings. The molecular formula is C8H10F4O4S. The lowest BCUT2D eigenvalue weighted by Crippen LogP contribution is -2.51. The highest BCUT2D eigenvalue weighted by Crippen LogP contribution is 2.44. The summed E-state index contributed by atoms with van der Waals surface area (Å²) in [5, 5.41) is 8.76. The number of halogens is 4. The van der Waals surface area contributed by atoms with Gasteiger partial charge in [-0.05, 0) is 6.42 Å². The molecule has 0 aromatic rings. The summed E-state index contributed by atoms with van der Waals surface area (Å²) in [6.07, 6.45) is -10.1. The summed E-state index contributed by atoms with van der Waals surface area (Å²) in [7, 11) is -3.80. The van der Waals surface area contributed by atoms with Gasteiger partial charge < -0.3 is 5.11 Å². The summed E-state index contributed by atoms with van der Waals surface area (Å²) < 4.78 is 72.3. The van der Waals surface area contributed by atoms with Crippen LogP contribution in [0.3, 0.4) is 0 Å². The topological polar surface area (TPSA) is 71.4 Å². The minimum atomic E-state index is -4.86. The van der Waals surface area contributed by atoms with E-state index in [0.717, 1.165) is 0 Å². The number of rotatable bonds is 2. The average Bonchev–Trinajstić information content (AvgIpc) is 2.07. The van der Waals surface area contributed by atoms with E-state index in [9.17, 15) is 30.8 Å². The third-order valence-corrected chi connectivity index (χ3v) is 4.43. The maximum atomic E-state index is 13.5. The number of carboxylic acids is 1. The highest BCUT2D eigenvalue weighted by atomic mass is 32.2. The third-order valence-electron chi connectivity index (χ3n) is 2.80. The van der Waals surface area contributed by atoms with Gasteiger partial charge in [0.25, 0.3) is 0 Å². The molecule has 0 radical (unpaired) electrons. The molecule has 9 heteroatoms. The van der Waals surface area contributed by atoms with E-state index >= 15 is 0 Å². The fourth-order valence-electron chi connectivity index (χ4n) is 1.83. The normalized spacial score (nSPS) is 33.3. The second-order valence-corrected chi connectivity index (χ2v) is 6.31. The first-order valence-corrected chi connectivity index (χ1v) is 6.45. The molecule has 1 rings (SSSR count). The van der Waals surface area contributed by atoms with Crippen LogP contribution in [-0.4, -0.2) is 43.3 Å². The van der Waals surface area contributed by atoms with E-state index in [2.05, 4.69) is 0 Å². The Labute approximate surface area is 94.5 Å². The molecule has 0 aromatic carbocycles. The maximum absolute atomic E-state index is 13.5. The molecule has 0 aromatic heterocycles. The van der Waals surface area contributed by atoms with E-state index in [1.807, 2.05) is 0 Å². The zero-order valence-electron chi connectivity index (χ0n) is 8.50. The van der Waals surface area contributed by atoms with E-state index in [0.29, 0.717) is 0 Å². The first-order chi connectivity index (χ1) is 7.49. The van der Waals surface area contributed by atoms with Crippen LogP contribution in [0.5, 0.6) is 0 Å². The Hall–Kier alpha value is -0.860. The SMILES string of the molecule is O=C(O)C1(CC(F)(F)F)CCS(=O)(=O)CC1F. The number of carbonyl (C=O) groups is 1. The number of sulfone groups is 1. The van der Waals surface area contributed by atoms with Crippen LogP contribution >= 0.6 is 0 Å². The molecule has 1 aliphatic heterocycles. The van der Waals surface area contributed by atoms with Crippen LogP contribution in [0.2, 0.25) is 0 Å². The van der Waals surface area contributed by atoms with E-state index < -0.39 is 57.9 Å². The molecule has 17 heavy (non-hydrogen) atoms. The molecule has 1 saturated heterocycles. The Balaban J connectivity index is 3.06. The molecule has 0 saturated carbocycles. The van der Waals surface area contributed by atoms with Crippen LogP contribution in [0.1, 0.15) is 12.8 Å². The maximum Gasteiger partial charge on any atom is 0.390 e. The number of carboxylic acid groups (broad SMARTS) is 1. The molecular weight excluding hydrogens is 268 g/mol. The third kappa shape index (κ3) is 3.08. The van der Waals surface area contributed by atoms with Gasteiger partial charge in [-0.3, -0.25) is 4.79 Å². The minimum absolute atomic E-state index is 0.740. The fraction of sp³-hybridized carbons (Fsp3) is 0.875. The van der Waals surface area contributed by atoms with Crippen molar-refractivity contribution in [2.45, 2.75) is 25.2 Å². The van der Waals surface area contributed by atoms with Gasteiger partial charge in [0.2, 0.25) is 0 Å². The van der Waals surface area contributed by atoms with Gasteiger partial charge >= 0.3 is 12.1 Å². The molecule has 2 atom stereocenters. The predicted molar refractivity (Wildman–Crippen MR) is 48.9 cm³/mol. The van der Waals surface area contributed by atoms with Crippen molar-refractivity contribution in [2.75, 3.05) is 11.5 Å². The molecule has 1 heterocycles. The van der Waals surface area contributed by atoms with Crippen LogP contribution < -0.4 is 0 Å². The van der Waals surface area contributed by atoms with Crippen LogP contribution in [0.4, 0.5) is 17.6 Å². The van der Waals surface area contributed by atoms with Crippen LogP contribution in [0.25, 0.3) is 0 Å². The first kappa shape index (κ1) is 14.2. The Morgan fingerprint density at radius 2 is 1.94 bits per heavy atom. The lowest BCUT2D eigenvalue weighted by molar-refractivity contribution is -0.187. The minimum Gasteiger partial charge on any atom is -0.481 e. The van der Waals surface area contributed by atoms with Crippen molar-refractivity contribution >= 4 is 15.8 Å². The van der Waals surface area contributed by atoms with Gasteiger partial charge in [0.1, 0.15) is 11.6 Å². The van der Waals surface area contributed by atoms with Gasteiger partial charge in [-0.2, -0.15) is 13.2 Å². The standard InChI is InChI=1S/C8H10F4O4S/c9-5-3-17(15,16)2-1-7(5,6(13)14)4-8(10,11)12/h5H,1-4H2,(H,13,14). The van der Waals surface area contributed by atoms with Crippen molar-refractivity contribution in [3.8, 4) is 0 Å². The molecule has 100 valence electrons. The molecule has 1 N–H and O–H groups in total.